The predicted molar refractivity (Wildman–Crippen MR) is 116 cm³/mol. The first-order valence-corrected chi connectivity index (χ1v) is 11.1. The third-order valence-corrected chi connectivity index (χ3v) is 6.53. The lowest BCUT2D eigenvalue weighted by Gasteiger charge is -2.08. The van der Waals surface area contributed by atoms with Crippen LogP contribution in [0.3, 0.4) is 0 Å². The van der Waals surface area contributed by atoms with Crippen molar-refractivity contribution in [1.82, 2.24) is 4.98 Å². The maximum atomic E-state index is 12.6. The van der Waals surface area contributed by atoms with Crippen molar-refractivity contribution < 1.29 is 13.2 Å². The molecule has 0 radical (unpaired) electrons. The number of nitrogens with one attached hydrogen (secondary N) is 2. The Balaban J connectivity index is 1.56. The van der Waals surface area contributed by atoms with Crippen LogP contribution in [0.15, 0.2) is 77.7 Å². The van der Waals surface area contributed by atoms with Crippen LogP contribution in [0.25, 0.3) is 10.2 Å². The Morgan fingerprint density at radius 2 is 1.76 bits per heavy atom. The van der Waals surface area contributed by atoms with Crippen LogP contribution < -0.4 is 10.0 Å². The molecule has 6 nitrogen and oxygen atoms in total. The highest BCUT2D eigenvalue weighted by Crippen LogP contribution is 2.29. The lowest BCUT2D eigenvalue weighted by Crippen LogP contribution is -2.13. The Labute approximate surface area is 172 Å². The van der Waals surface area contributed by atoms with E-state index < -0.39 is 10.0 Å². The van der Waals surface area contributed by atoms with Crippen molar-refractivity contribution in [2.45, 2.75) is 11.8 Å². The van der Waals surface area contributed by atoms with E-state index in [0.717, 1.165) is 10.3 Å². The molecular weight excluding hydrogens is 406 g/mol. The topological polar surface area (TPSA) is 88.2 Å². The second-order valence-corrected chi connectivity index (χ2v) is 9.16. The maximum absolute atomic E-state index is 12.6. The lowest BCUT2D eigenvalue weighted by atomic mass is 10.2. The number of carbonyl (C=O) groups excluding carboxylic acids is 1. The molecule has 0 fully saturated rings. The second-order valence-electron chi connectivity index (χ2n) is 6.44. The quantitative estimate of drug-likeness (QED) is 0.489. The Kier molecular flexibility index (Phi) is 5.04. The number of rotatable bonds is 5. The van der Waals surface area contributed by atoms with Gasteiger partial charge in [0.15, 0.2) is 5.13 Å². The Morgan fingerprint density at radius 3 is 2.52 bits per heavy atom. The van der Waals surface area contributed by atoms with E-state index in [0.29, 0.717) is 21.9 Å². The van der Waals surface area contributed by atoms with Gasteiger partial charge in [0.1, 0.15) is 0 Å². The summed E-state index contributed by atoms with van der Waals surface area (Å²) in [5, 5.41) is 3.23. The van der Waals surface area contributed by atoms with Crippen molar-refractivity contribution in [1.29, 1.82) is 0 Å². The van der Waals surface area contributed by atoms with Crippen LogP contribution in [-0.2, 0) is 10.0 Å². The fourth-order valence-electron chi connectivity index (χ4n) is 2.80. The van der Waals surface area contributed by atoms with Gasteiger partial charge in [0.25, 0.3) is 15.9 Å². The number of fused-ring (bicyclic) bond motifs is 1. The zero-order valence-corrected chi connectivity index (χ0v) is 17.0. The highest BCUT2D eigenvalue weighted by Gasteiger charge is 2.15. The second kappa shape index (κ2) is 7.65. The van der Waals surface area contributed by atoms with Gasteiger partial charge >= 0.3 is 0 Å². The summed E-state index contributed by atoms with van der Waals surface area (Å²) in [6, 6.07) is 20.7. The van der Waals surface area contributed by atoms with Crippen LogP contribution in [0.4, 0.5) is 10.8 Å². The summed E-state index contributed by atoms with van der Waals surface area (Å²) in [6.07, 6.45) is 0. The molecule has 0 aliphatic carbocycles. The van der Waals surface area contributed by atoms with Gasteiger partial charge in [-0.3, -0.25) is 14.8 Å². The molecule has 4 rings (SSSR count). The van der Waals surface area contributed by atoms with Crippen molar-refractivity contribution in [3.63, 3.8) is 0 Å². The molecule has 3 aromatic carbocycles. The van der Waals surface area contributed by atoms with Gasteiger partial charge in [-0.05, 0) is 55.0 Å². The molecular formula is C21H17N3O3S2. The molecule has 0 unspecified atom stereocenters. The van der Waals surface area contributed by atoms with Crippen molar-refractivity contribution in [2.75, 3.05) is 10.0 Å². The summed E-state index contributed by atoms with van der Waals surface area (Å²) in [5.41, 5.74) is 2.41. The van der Waals surface area contributed by atoms with Crippen molar-refractivity contribution >= 4 is 48.3 Å². The van der Waals surface area contributed by atoms with E-state index in [2.05, 4.69) is 15.0 Å². The molecule has 0 saturated carbocycles. The summed E-state index contributed by atoms with van der Waals surface area (Å²) in [7, 11) is -3.70. The summed E-state index contributed by atoms with van der Waals surface area (Å²) in [6.45, 7) is 1.84. The minimum Gasteiger partial charge on any atom is -0.298 e. The molecule has 0 aliphatic rings. The summed E-state index contributed by atoms with van der Waals surface area (Å²) in [5.74, 6) is -0.245. The molecule has 0 atom stereocenters. The highest BCUT2D eigenvalue weighted by atomic mass is 32.2. The number of benzene rings is 3. The molecule has 146 valence electrons. The Bertz CT molecular complexity index is 1300. The van der Waals surface area contributed by atoms with Crippen LogP contribution in [-0.4, -0.2) is 19.3 Å². The van der Waals surface area contributed by atoms with Gasteiger partial charge in [0.2, 0.25) is 0 Å². The van der Waals surface area contributed by atoms with Gasteiger partial charge in [0, 0.05) is 5.56 Å². The first-order valence-electron chi connectivity index (χ1n) is 8.77. The average molecular weight is 424 g/mol. The van der Waals surface area contributed by atoms with Gasteiger partial charge in [-0.15, -0.1) is 0 Å². The SMILES string of the molecule is Cc1cccc(S(=O)(=O)Nc2ccc3sc(NC(=O)c4ccccc4)nc3c2)c1. The van der Waals surface area contributed by atoms with Gasteiger partial charge in [-0.1, -0.05) is 41.7 Å². The van der Waals surface area contributed by atoms with Gasteiger partial charge in [-0.25, -0.2) is 13.4 Å². The Hall–Kier alpha value is -3.23. The molecule has 8 heteroatoms. The standard InChI is InChI=1S/C21H17N3O3S2/c1-14-6-5-9-17(12-14)29(26,27)24-16-10-11-19-18(13-16)22-21(28-19)23-20(25)15-7-3-2-4-8-15/h2-13,24H,1H3,(H,22,23,25). The normalized spacial score (nSPS) is 11.3. The number of anilines is 2. The highest BCUT2D eigenvalue weighted by molar-refractivity contribution is 7.92. The number of carbonyl (C=O) groups is 1. The smallest absolute Gasteiger partial charge is 0.261 e. The maximum Gasteiger partial charge on any atom is 0.261 e. The molecule has 0 aliphatic heterocycles. The third-order valence-electron chi connectivity index (χ3n) is 4.20. The van der Waals surface area contributed by atoms with Gasteiger partial charge in [0.05, 0.1) is 20.8 Å². The van der Waals surface area contributed by atoms with Gasteiger partial charge < -0.3 is 0 Å². The van der Waals surface area contributed by atoms with Crippen molar-refractivity contribution in [3.05, 3.63) is 83.9 Å². The minimum absolute atomic E-state index is 0.201. The van der Waals surface area contributed by atoms with Crippen LogP contribution in [0.2, 0.25) is 0 Å². The third kappa shape index (κ3) is 4.28. The number of amides is 1. The molecule has 1 aromatic heterocycles. The van der Waals surface area contributed by atoms with E-state index in [1.54, 1.807) is 60.7 Å². The summed E-state index contributed by atoms with van der Waals surface area (Å²) in [4.78, 5) is 16.9. The van der Waals surface area contributed by atoms with Crippen LogP contribution >= 0.6 is 11.3 Å². The lowest BCUT2D eigenvalue weighted by molar-refractivity contribution is 0.102. The van der Waals surface area contributed by atoms with E-state index in [1.165, 1.54) is 11.3 Å². The average Bonchev–Trinajstić information content (AvgIpc) is 3.10. The van der Waals surface area contributed by atoms with E-state index in [-0.39, 0.29) is 10.8 Å². The first-order chi connectivity index (χ1) is 13.9. The molecule has 0 saturated heterocycles. The number of thiazole rings is 1. The summed E-state index contributed by atoms with van der Waals surface area (Å²) < 4.78 is 28.6. The zero-order chi connectivity index (χ0) is 20.4. The number of hydrogen-bond acceptors (Lipinski definition) is 5. The molecule has 1 heterocycles. The fourth-order valence-corrected chi connectivity index (χ4v) is 4.79. The monoisotopic (exact) mass is 423 g/mol. The van der Waals surface area contributed by atoms with E-state index in [9.17, 15) is 13.2 Å². The fraction of sp³-hybridized carbons (Fsp3) is 0.0476. The number of aromatic nitrogens is 1. The van der Waals surface area contributed by atoms with E-state index in [1.807, 2.05) is 19.1 Å². The molecule has 29 heavy (non-hydrogen) atoms. The summed E-state index contributed by atoms with van der Waals surface area (Å²) >= 11 is 1.33. The number of nitrogens with zero attached hydrogens (tertiary/aromatic N) is 1. The molecule has 2 N–H and O–H groups in total. The predicted octanol–water partition coefficient (Wildman–Crippen LogP) is 4.66. The Morgan fingerprint density at radius 1 is 0.966 bits per heavy atom. The number of aryl methyl sites for hydroxylation is 1. The molecule has 4 aromatic rings. The van der Waals surface area contributed by atoms with Crippen molar-refractivity contribution in [2.24, 2.45) is 0 Å². The van der Waals surface area contributed by atoms with E-state index in [4.69, 9.17) is 0 Å². The minimum atomic E-state index is -3.70. The first kappa shape index (κ1) is 19.1. The van der Waals surface area contributed by atoms with E-state index >= 15 is 0 Å². The van der Waals surface area contributed by atoms with Gasteiger partial charge in [-0.2, -0.15) is 0 Å². The number of sulfonamides is 1. The largest absolute Gasteiger partial charge is 0.298 e. The number of hydrogen-bond donors (Lipinski definition) is 2. The molecule has 0 spiro atoms. The van der Waals surface area contributed by atoms with Crippen molar-refractivity contribution in [3.8, 4) is 0 Å². The molecule has 1 amide bonds. The zero-order valence-electron chi connectivity index (χ0n) is 15.4. The van der Waals surface area contributed by atoms with Crippen LogP contribution in [0, 0.1) is 6.92 Å². The van der Waals surface area contributed by atoms with Crippen LogP contribution in [0.5, 0.6) is 0 Å². The van der Waals surface area contributed by atoms with Crippen LogP contribution in [0.1, 0.15) is 15.9 Å². The molecule has 0 bridgehead atoms.